The molecule has 21 heavy (non-hydrogen) atoms. The predicted molar refractivity (Wildman–Crippen MR) is 84.3 cm³/mol. The summed E-state index contributed by atoms with van der Waals surface area (Å²) in [4.78, 5) is 8.52. The van der Waals surface area contributed by atoms with Crippen LogP contribution in [0.3, 0.4) is 0 Å². The first-order chi connectivity index (χ1) is 9.95. The van der Waals surface area contributed by atoms with Crippen molar-refractivity contribution in [3.63, 3.8) is 0 Å². The second kappa shape index (κ2) is 5.73. The van der Waals surface area contributed by atoms with Crippen molar-refractivity contribution in [3.05, 3.63) is 23.1 Å². The second-order valence-electron chi connectivity index (χ2n) is 6.80. The molecule has 2 aliphatic carbocycles. The van der Waals surface area contributed by atoms with Gasteiger partial charge < -0.3 is 9.80 Å². The summed E-state index contributed by atoms with van der Waals surface area (Å²) in [6, 6.07) is 2.46. The number of rotatable bonds is 3. The molecule has 0 aliphatic heterocycles. The Morgan fingerprint density at radius 1 is 1.10 bits per heavy atom. The molecule has 0 aromatic carbocycles. The molecule has 0 radical (unpaired) electrons. The molecular weight excluding hydrogens is 289 g/mol. The lowest BCUT2D eigenvalue weighted by Crippen LogP contribution is -2.32. The van der Waals surface area contributed by atoms with E-state index in [1.54, 1.807) is 0 Å². The molecule has 0 bridgehead atoms. The van der Waals surface area contributed by atoms with Crippen molar-refractivity contribution in [1.29, 1.82) is 0 Å². The van der Waals surface area contributed by atoms with Gasteiger partial charge in [-0.25, -0.2) is 9.37 Å². The van der Waals surface area contributed by atoms with Gasteiger partial charge >= 0.3 is 0 Å². The van der Waals surface area contributed by atoms with E-state index in [1.165, 1.54) is 25.1 Å². The Morgan fingerprint density at radius 3 is 2.19 bits per heavy atom. The standard InChI is InChI=1S/C16H23ClFN3/c1-20(2)13-4-10-6-14(7-11(10)5-13)21(3)16-15(18)8-12(17)9-19-16/h8-11,13-14H,4-7H2,1-3H3/t10-,11+,13?,14?. The van der Waals surface area contributed by atoms with Crippen LogP contribution in [0.25, 0.3) is 0 Å². The molecule has 2 fully saturated rings. The van der Waals surface area contributed by atoms with Crippen LogP contribution in [-0.2, 0) is 0 Å². The number of pyridine rings is 1. The van der Waals surface area contributed by atoms with Crippen molar-refractivity contribution in [2.24, 2.45) is 11.8 Å². The lowest BCUT2D eigenvalue weighted by Gasteiger charge is -2.28. The molecule has 0 saturated heterocycles. The zero-order valence-electron chi connectivity index (χ0n) is 12.9. The van der Waals surface area contributed by atoms with Crippen LogP contribution in [0, 0.1) is 17.7 Å². The quantitative estimate of drug-likeness (QED) is 0.852. The Morgan fingerprint density at radius 2 is 1.67 bits per heavy atom. The van der Waals surface area contributed by atoms with E-state index in [0.717, 1.165) is 30.7 Å². The van der Waals surface area contributed by atoms with E-state index in [1.807, 2.05) is 11.9 Å². The zero-order chi connectivity index (χ0) is 15.1. The molecule has 1 heterocycles. The minimum absolute atomic E-state index is 0.326. The summed E-state index contributed by atoms with van der Waals surface area (Å²) >= 11 is 5.78. The van der Waals surface area contributed by atoms with Crippen molar-refractivity contribution in [1.82, 2.24) is 9.88 Å². The van der Waals surface area contributed by atoms with Gasteiger partial charge in [-0.3, -0.25) is 0 Å². The molecule has 5 heteroatoms. The van der Waals surface area contributed by atoms with Crippen molar-refractivity contribution < 1.29 is 4.39 Å². The van der Waals surface area contributed by atoms with E-state index in [9.17, 15) is 4.39 Å². The highest BCUT2D eigenvalue weighted by molar-refractivity contribution is 6.30. The van der Waals surface area contributed by atoms with Gasteiger partial charge in [0.05, 0.1) is 5.02 Å². The maximum absolute atomic E-state index is 14.0. The first-order valence-corrected chi connectivity index (χ1v) is 8.03. The van der Waals surface area contributed by atoms with Crippen LogP contribution in [0.2, 0.25) is 5.02 Å². The van der Waals surface area contributed by atoms with E-state index >= 15 is 0 Å². The summed E-state index contributed by atoms with van der Waals surface area (Å²) < 4.78 is 14.0. The van der Waals surface area contributed by atoms with Gasteiger partial charge in [-0.1, -0.05) is 11.6 Å². The monoisotopic (exact) mass is 311 g/mol. The van der Waals surface area contributed by atoms with E-state index in [-0.39, 0.29) is 5.82 Å². The number of hydrogen-bond donors (Lipinski definition) is 0. The number of anilines is 1. The number of fused-ring (bicyclic) bond motifs is 1. The lowest BCUT2D eigenvalue weighted by molar-refractivity contribution is 0.281. The molecule has 0 N–H and O–H groups in total. The van der Waals surface area contributed by atoms with Gasteiger partial charge in [0, 0.05) is 25.3 Å². The second-order valence-corrected chi connectivity index (χ2v) is 7.24. The summed E-state index contributed by atoms with van der Waals surface area (Å²) in [7, 11) is 6.29. The van der Waals surface area contributed by atoms with Gasteiger partial charge in [0.1, 0.15) is 0 Å². The fourth-order valence-electron chi connectivity index (χ4n) is 4.13. The van der Waals surface area contributed by atoms with Crippen LogP contribution in [0.5, 0.6) is 0 Å². The topological polar surface area (TPSA) is 19.4 Å². The third-order valence-corrected chi connectivity index (χ3v) is 5.57. The average molecular weight is 312 g/mol. The summed E-state index contributed by atoms with van der Waals surface area (Å²) in [6.07, 6.45) is 6.37. The maximum Gasteiger partial charge on any atom is 0.167 e. The van der Waals surface area contributed by atoms with E-state index in [4.69, 9.17) is 11.6 Å². The van der Waals surface area contributed by atoms with E-state index in [0.29, 0.717) is 16.9 Å². The van der Waals surface area contributed by atoms with Crippen molar-refractivity contribution in [2.75, 3.05) is 26.0 Å². The highest BCUT2D eigenvalue weighted by atomic mass is 35.5. The van der Waals surface area contributed by atoms with Crippen LogP contribution in [0.15, 0.2) is 12.3 Å². The first-order valence-electron chi connectivity index (χ1n) is 7.66. The van der Waals surface area contributed by atoms with Crippen LogP contribution in [0.4, 0.5) is 10.2 Å². The minimum Gasteiger partial charge on any atom is -0.354 e. The predicted octanol–water partition coefficient (Wildman–Crippen LogP) is 3.43. The largest absolute Gasteiger partial charge is 0.354 e. The third-order valence-electron chi connectivity index (χ3n) is 5.37. The molecule has 0 amide bonds. The number of aromatic nitrogens is 1. The number of nitrogens with zero attached hydrogens (tertiary/aromatic N) is 3. The fourth-order valence-corrected chi connectivity index (χ4v) is 4.27. The van der Waals surface area contributed by atoms with Gasteiger partial charge in [0.15, 0.2) is 11.6 Å². The Balaban J connectivity index is 1.68. The Labute approximate surface area is 131 Å². The van der Waals surface area contributed by atoms with Crippen molar-refractivity contribution >= 4 is 17.4 Å². The van der Waals surface area contributed by atoms with E-state index in [2.05, 4.69) is 24.0 Å². The van der Waals surface area contributed by atoms with Gasteiger partial charge in [-0.05, 0) is 57.7 Å². The van der Waals surface area contributed by atoms with Gasteiger partial charge in [-0.2, -0.15) is 0 Å². The third kappa shape index (κ3) is 2.88. The molecule has 1 aromatic rings. The minimum atomic E-state index is -0.326. The summed E-state index contributed by atoms with van der Waals surface area (Å²) in [5, 5.41) is 0.349. The smallest absolute Gasteiger partial charge is 0.167 e. The maximum atomic E-state index is 14.0. The number of hydrogen-bond acceptors (Lipinski definition) is 3. The Kier molecular flexibility index (Phi) is 4.10. The Hall–Kier alpha value is -0.870. The molecule has 0 spiro atoms. The lowest BCUT2D eigenvalue weighted by atomic mass is 10.0. The summed E-state index contributed by atoms with van der Waals surface area (Å²) in [5.41, 5.74) is 0. The SMILES string of the molecule is CN(C)C1C[C@@H]2CC(N(C)c3ncc(Cl)cc3F)C[C@@H]2C1. The summed E-state index contributed by atoms with van der Waals surface area (Å²) in [5.74, 6) is 1.65. The molecule has 4 atom stereocenters. The molecule has 2 unspecified atom stereocenters. The van der Waals surface area contributed by atoms with Gasteiger partial charge in [0.2, 0.25) is 0 Å². The molecule has 2 aliphatic rings. The highest BCUT2D eigenvalue weighted by Crippen LogP contribution is 2.47. The average Bonchev–Trinajstić information content (AvgIpc) is 2.95. The normalized spacial score (nSPS) is 31.7. The molecular formula is C16H23ClFN3. The van der Waals surface area contributed by atoms with Crippen LogP contribution >= 0.6 is 11.6 Å². The summed E-state index contributed by atoms with van der Waals surface area (Å²) in [6.45, 7) is 0. The fraction of sp³-hybridized carbons (Fsp3) is 0.688. The number of halogens is 2. The molecule has 116 valence electrons. The molecule has 1 aromatic heterocycles. The molecule has 2 saturated carbocycles. The van der Waals surface area contributed by atoms with E-state index < -0.39 is 0 Å². The van der Waals surface area contributed by atoms with Crippen molar-refractivity contribution in [3.8, 4) is 0 Å². The zero-order valence-corrected chi connectivity index (χ0v) is 13.6. The van der Waals surface area contributed by atoms with Crippen LogP contribution in [-0.4, -0.2) is 43.1 Å². The van der Waals surface area contributed by atoms with Crippen molar-refractivity contribution in [2.45, 2.75) is 37.8 Å². The van der Waals surface area contributed by atoms with Gasteiger partial charge in [-0.15, -0.1) is 0 Å². The van der Waals surface area contributed by atoms with Gasteiger partial charge in [0.25, 0.3) is 0 Å². The highest BCUT2D eigenvalue weighted by Gasteiger charge is 2.43. The van der Waals surface area contributed by atoms with Crippen LogP contribution in [0.1, 0.15) is 25.7 Å². The Bertz CT molecular complexity index is 508. The first kappa shape index (κ1) is 15.0. The molecule has 3 nitrogen and oxygen atoms in total. The molecule has 3 rings (SSSR count). The van der Waals surface area contributed by atoms with Crippen LogP contribution < -0.4 is 4.90 Å².